The van der Waals surface area contributed by atoms with E-state index in [1.807, 2.05) is 0 Å². The summed E-state index contributed by atoms with van der Waals surface area (Å²) in [5.41, 5.74) is 0. The van der Waals surface area contributed by atoms with E-state index in [1.54, 1.807) is 0 Å². The molecule has 0 atom stereocenters. The van der Waals surface area contributed by atoms with Crippen LogP contribution < -0.4 is 5.32 Å². The van der Waals surface area contributed by atoms with Gasteiger partial charge in [-0.2, -0.15) is 0 Å². The molecule has 0 unspecified atom stereocenters. The summed E-state index contributed by atoms with van der Waals surface area (Å²) in [5.74, 6) is 4.37. The van der Waals surface area contributed by atoms with Crippen LogP contribution in [0.3, 0.4) is 0 Å². The number of unbranched alkanes of at least 4 members (excludes halogenated alkanes) is 1. The lowest BCUT2D eigenvalue weighted by molar-refractivity contribution is 0.180. The van der Waals surface area contributed by atoms with Crippen LogP contribution in [0.1, 0.15) is 39.5 Å². The van der Waals surface area contributed by atoms with Gasteiger partial charge >= 0.3 is 0 Å². The first kappa shape index (κ1) is 14.5. The largest absolute Gasteiger partial charge is 0.316 e. The van der Waals surface area contributed by atoms with Crippen LogP contribution in [0.5, 0.6) is 0 Å². The van der Waals surface area contributed by atoms with Crippen molar-refractivity contribution >= 4 is 0 Å². The summed E-state index contributed by atoms with van der Waals surface area (Å²) < 4.78 is 0. The number of hydrogen-bond acceptors (Lipinski definition) is 2. The van der Waals surface area contributed by atoms with Gasteiger partial charge in [0, 0.05) is 6.42 Å². The molecule has 2 nitrogen and oxygen atoms in total. The minimum Gasteiger partial charge on any atom is -0.316 e. The Labute approximate surface area is 107 Å². The Kier molecular flexibility index (Phi) is 7.32. The zero-order valence-electron chi connectivity index (χ0n) is 11.5. The highest BCUT2D eigenvalue weighted by molar-refractivity contribution is 4.84. The molecule has 0 amide bonds. The van der Waals surface area contributed by atoms with Gasteiger partial charge in [0.2, 0.25) is 0 Å². The van der Waals surface area contributed by atoms with Crippen molar-refractivity contribution < 1.29 is 0 Å². The molecular formula is C15H28N2. The fraction of sp³-hybridized carbons (Fsp3) is 0.867. The van der Waals surface area contributed by atoms with E-state index < -0.39 is 0 Å². The topological polar surface area (TPSA) is 15.3 Å². The third-order valence-electron chi connectivity index (χ3n) is 3.49. The average molecular weight is 236 g/mol. The van der Waals surface area contributed by atoms with E-state index in [-0.39, 0.29) is 0 Å². The maximum Gasteiger partial charge on any atom is 0.00982 e. The quantitative estimate of drug-likeness (QED) is 0.539. The Balaban J connectivity index is 2.03. The number of nitrogens with one attached hydrogen (secondary N) is 1. The molecule has 17 heavy (non-hydrogen) atoms. The predicted molar refractivity (Wildman–Crippen MR) is 74.9 cm³/mol. The summed E-state index contributed by atoms with van der Waals surface area (Å²) in [4.78, 5) is 2.57. The minimum atomic E-state index is 0.763. The van der Waals surface area contributed by atoms with Crippen LogP contribution in [-0.2, 0) is 0 Å². The second-order valence-corrected chi connectivity index (χ2v) is 5.64. The summed E-state index contributed by atoms with van der Waals surface area (Å²) in [6, 6.07) is 0. The molecule has 0 bridgehead atoms. The van der Waals surface area contributed by atoms with Gasteiger partial charge in [-0.15, -0.1) is 12.3 Å². The molecule has 0 aromatic carbocycles. The summed E-state index contributed by atoms with van der Waals surface area (Å²) in [6.45, 7) is 10.6. The van der Waals surface area contributed by atoms with Gasteiger partial charge < -0.3 is 10.2 Å². The van der Waals surface area contributed by atoms with Gasteiger partial charge in [-0.1, -0.05) is 13.8 Å². The highest BCUT2D eigenvalue weighted by Crippen LogP contribution is 2.16. The fourth-order valence-corrected chi connectivity index (χ4v) is 2.40. The zero-order valence-corrected chi connectivity index (χ0v) is 11.5. The lowest BCUT2D eigenvalue weighted by Crippen LogP contribution is -2.38. The summed E-state index contributed by atoms with van der Waals surface area (Å²) in [6.07, 6.45) is 10.1. The Morgan fingerprint density at radius 2 is 2.06 bits per heavy atom. The SMILES string of the molecule is C#CCCCN1CCC(CNCC(C)C)CC1. The van der Waals surface area contributed by atoms with Crippen molar-refractivity contribution in [2.45, 2.75) is 39.5 Å². The molecule has 0 aliphatic carbocycles. The Bertz CT molecular complexity index is 222. The molecule has 0 spiro atoms. The Morgan fingerprint density at radius 3 is 2.65 bits per heavy atom. The van der Waals surface area contributed by atoms with E-state index in [9.17, 15) is 0 Å². The van der Waals surface area contributed by atoms with Gasteiger partial charge in [0.15, 0.2) is 0 Å². The number of hydrogen-bond donors (Lipinski definition) is 1. The highest BCUT2D eigenvalue weighted by atomic mass is 15.1. The number of piperidine rings is 1. The second kappa shape index (κ2) is 8.55. The fourth-order valence-electron chi connectivity index (χ4n) is 2.40. The van der Waals surface area contributed by atoms with Crippen molar-refractivity contribution in [1.82, 2.24) is 10.2 Å². The van der Waals surface area contributed by atoms with Crippen molar-refractivity contribution in [3.63, 3.8) is 0 Å². The van der Waals surface area contributed by atoms with Crippen molar-refractivity contribution in [2.75, 3.05) is 32.7 Å². The first-order chi connectivity index (χ1) is 8.22. The van der Waals surface area contributed by atoms with E-state index in [0.717, 1.165) is 31.2 Å². The molecule has 0 aromatic heterocycles. The molecule has 0 saturated carbocycles. The van der Waals surface area contributed by atoms with Crippen LogP contribution in [0.25, 0.3) is 0 Å². The Morgan fingerprint density at radius 1 is 1.35 bits per heavy atom. The van der Waals surface area contributed by atoms with Crippen molar-refractivity contribution in [3.8, 4) is 12.3 Å². The first-order valence-corrected chi connectivity index (χ1v) is 7.09. The molecule has 98 valence electrons. The van der Waals surface area contributed by atoms with Crippen molar-refractivity contribution in [1.29, 1.82) is 0 Å². The minimum absolute atomic E-state index is 0.763. The molecule has 2 heteroatoms. The standard InChI is InChI=1S/C15H28N2/c1-4-5-6-9-17-10-7-15(8-11-17)13-16-12-14(2)3/h1,14-16H,5-13H2,2-3H3. The van der Waals surface area contributed by atoms with Gasteiger partial charge in [-0.25, -0.2) is 0 Å². The molecule has 1 aliphatic rings. The van der Waals surface area contributed by atoms with Gasteiger partial charge in [0.25, 0.3) is 0 Å². The molecule has 1 rings (SSSR count). The molecule has 1 aliphatic heterocycles. The number of nitrogens with zero attached hydrogens (tertiary/aromatic N) is 1. The number of terminal acetylenes is 1. The maximum atomic E-state index is 5.27. The van der Waals surface area contributed by atoms with Crippen LogP contribution in [0.15, 0.2) is 0 Å². The van der Waals surface area contributed by atoms with E-state index in [4.69, 9.17) is 6.42 Å². The molecule has 1 heterocycles. The molecule has 1 saturated heterocycles. The summed E-state index contributed by atoms with van der Waals surface area (Å²) in [7, 11) is 0. The first-order valence-electron chi connectivity index (χ1n) is 7.09. The average Bonchev–Trinajstić information content (AvgIpc) is 2.31. The summed E-state index contributed by atoms with van der Waals surface area (Å²) >= 11 is 0. The molecule has 1 N–H and O–H groups in total. The molecule has 0 radical (unpaired) electrons. The summed E-state index contributed by atoms with van der Waals surface area (Å²) in [5, 5.41) is 3.58. The normalized spacial score (nSPS) is 18.5. The number of rotatable bonds is 7. The predicted octanol–water partition coefficient (Wildman–Crippen LogP) is 2.36. The van der Waals surface area contributed by atoms with Crippen LogP contribution in [0.4, 0.5) is 0 Å². The van der Waals surface area contributed by atoms with E-state index in [0.29, 0.717) is 0 Å². The maximum absolute atomic E-state index is 5.27. The van der Waals surface area contributed by atoms with Gasteiger partial charge in [-0.05, 0) is 63.8 Å². The van der Waals surface area contributed by atoms with Crippen LogP contribution in [0.2, 0.25) is 0 Å². The zero-order chi connectivity index (χ0) is 12.5. The highest BCUT2D eigenvalue weighted by Gasteiger charge is 2.18. The van der Waals surface area contributed by atoms with Gasteiger partial charge in [0.05, 0.1) is 0 Å². The van der Waals surface area contributed by atoms with Gasteiger partial charge in [0.1, 0.15) is 0 Å². The monoisotopic (exact) mass is 236 g/mol. The Hall–Kier alpha value is -0.520. The lowest BCUT2D eigenvalue weighted by Gasteiger charge is -2.32. The van der Waals surface area contributed by atoms with Crippen molar-refractivity contribution in [3.05, 3.63) is 0 Å². The number of likely N-dealkylation sites (tertiary alicyclic amines) is 1. The molecule has 0 aromatic rings. The van der Waals surface area contributed by atoms with Crippen LogP contribution in [0, 0.1) is 24.2 Å². The molecular weight excluding hydrogens is 208 g/mol. The van der Waals surface area contributed by atoms with Crippen LogP contribution >= 0.6 is 0 Å². The lowest BCUT2D eigenvalue weighted by atomic mass is 9.96. The van der Waals surface area contributed by atoms with Crippen LogP contribution in [-0.4, -0.2) is 37.6 Å². The van der Waals surface area contributed by atoms with E-state index >= 15 is 0 Å². The third kappa shape index (κ3) is 6.71. The second-order valence-electron chi connectivity index (χ2n) is 5.64. The third-order valence-corrected chi connectivity index (χ3v) is 3.49. The van der Waals surface area contributed by atoms with E-state index in [2.05, 4.69) is 30.0 Å². The van der Waals surface area contributed by atoms with E-state index in [1.165, 1.54) is 39.0 Å². The smallest absolute Gasteiger partial charge is 0.00982 e. The molecule has 1 fully saturated rings. The van der Waals surface area contributed by atoms with Crippen molar-refractivity contribution in [2.24, 2.45) is 11.8 Å². The van der Waals surface area contributed by atoms with Gasteiger partial charge in [-0.3, -0.25) is 0 Å².